The second-order valence-electron chi connectivity index (χ2n) is 7.31. The highest BCUT2D eigenvalue weighted by Crippen LogP contribution is 2.22. The van der Waals surface area contributed by atoms with Crippen LogP contribution in [0.4, 0.5) is 0 Å². The van der Waals surface area contributed by atoms with Gasteiger partial charge in [-0.3, -0.25) is 9.47 Å². The maximum absolute atomic E-state index is 12.8. The zero-order chi connectivity index (χ0) is 19.8. The van der Waals surface area contributed by atoms with Gasteiger partial charge in [0.25, 0.3) is 0 Å². The Kier molecular flexibility index (Phi) is 4.41. The van der Waals surface area contributed by atoms with Crippen molar-refractivity contribution >= 4 is 10.8 Å². The highest BCUT2D eigenvalue weighted by Gasteiger charge is 2.22. The smallest absolute Gasteiger partial charge is 0.350 e. The molecule has 1 aromatic heterocycles. The van der Waals surface area contributed by atoms with E-state index in [1.807, 2.05) is 24.3 Å². The molecule has 146 valence electrons. The average molecular weight is 386 g/mol. The molecule has 0 unspecified atom stereocenters. The minimum absolute atomic E-state index is 0.0880. The van der Waals surface area contributed by atoms with Gasteiger partial charge in [-0.1, -0.05) is 42.5 Å². The summed E-state index contributed by atoms with van der Waals surface area (Å²) >= 11 is 0. The maximum atomic E-state index is 12.8. The van der Waals surface area contributed by atoms with Gasteiger partial charge in [0.05, 0.1) is 19.3 Å². The van der Waals surface area contributed by atoms with Crippen LogP contribution < -0.4 is 10.4 Å². The van der Waals surface area contributed by atoms with Crippen LogP contribution in [-0.2, 0) is 19.6 Å². The van der Waals surface area contributed by atoms with Crippen LogP contribution in [0.3, 0.4) is 0 Å². The van der Waals surface area contributed by atoms with E-state index in [9.17, 15) is 4.79 Å². The summed E-state index contributed by atoms with van der Waals surface area (Å²) in [5, 5.41) is 7.15. The lowest BCUT2D eigenvalue weighted by molar-refractivity contribution is 0.208. The lowest BCUT2D eigenvalue weighted by Crippen LogP contribution is -2.37. The molecule has 6 nitrogen and oxygen atoms in total. The highest BCUT2D eigenvalue weighted by atomic mass is 16.5. The van der Waals surface area contributed by atoms with Crippen LogP contribution in [0.2, 0.25) is 0 Å². The van der Waals surface area contributed by atoms with Gasteiger partial charge in [0.15, 0.2) is 0 Å². The van der Waals surface area contributed by atoms with Crippen LogP contribution in [0.1, 0.15) is 11.4 Å². The van der Waals surface area contributed by atoms with Crippen molar-refractivity contribution in [1.82, 2.24) is 19.2 Å². The Morgan fingerprint density at radius 2 is 1.76 bits per heavy atom. The fraction of sp³-hybridized carbons (Fsp3) is 0.217. The topological polar surface area (TPSA) is 52.3 Å². The first-order valence-corrected chi connectivity index (χ1v) is 9.75. The van der Waals surface area contributed by atoms with Crippen molar-refractivity contribution in [3.63, 3.8) is 0 Å². The molecule has 0 saturated carbocycles. The predicted octanol–water partition coefficient (Wildman–Crippen LogP) is 3.21. The van der Waals surface area contributed by atoms with Gasteiger partial charge in [-0.25, -0.2) is 4.79 Å². The second kappa shape index (κ2) is 7.22. The molecule has 5 rings (SSSR count). The molecule has 1 aliphatic heterocycles. The van der Waals surface area contributed by atoms with Crippen LogP contribution in [0, 0.1) is 0 Å². The predicted molar refractivity (Wildman–Crippen MR) is 112 cm³/mol. The molecular formula is C23H22N4O2. The number of methoxy groups -OCH3 is 1. The van der Waals surface area contributed by atoms with Gasteiger partial charge >= 0.3 is 5.69 Å². The van der Waals surface area contributed by atoms with Crippen molar-refractivity contribution in [2.75, 3.05) is 13.7 Å². The standard InChI is InChI=1S/C23H22N4O2/c1-29-20-11-9-19(10-12-20)27-23(28)26-14-13-25(16-22(26)24-27)15-18-7-4-6-17-5-2-3-8-21(17)18/h2-12H,13-16H2,1H3. The molecule has 0 bridgehead atoms. The summed E-state index contributed by atoms with van der Waals surface area (Å²) in [4.78, 5) is 15.2. The molecule has 0 atom stereocenters. The van der Waals surface area contributed by atoms with E-state index < -0.39 is 0 Å². The number of benzene rings is 3. The zero-order valence-electron chi connectivity index (χ0n) is 16.3. The summed E-state index contributed by atoms with van der Waals surface area (Å²) in [6.45, 7) is 2.96. The highest BCUT2D eigenvalue weighted by molar-refractivity contribution is 5.85. The molecular weight excluding hydrogens is 364 g/mol. The summed E-state index contributed by atoms with van der Waals surface area (Å²) in [7, 11) is 1.63. The van der Waals surface area contributed by atoms with Gasteiger partial charge in [-0.2, -0.15) is 4.68 Å². The van der Waals surface area contributed by atoms with Gasteiger partial charge < -0.3 is 4.74 Å². The SMILES string of the molecule is COc1ccc(-n2nc3n(c2=O)CCN(Cc2cccc4ccccc24)C3)cc1. The van der Waals surface area contributed by atoms with Crippen LogP contribution in [0.5, 0.6) is 5.75 Å². The van der Waals surface area contributed by atoms with E-state index in [4.69, 9.17) is 4.74 Å². The summed E-state index contributed by atoms with van der Waals surface area (Å²) in [5.41, 5.74) is 1.96. The number of nitrogens with zero attached hydrogens (tertiary/aromatic N) is 4. The largest absolute Gasteiger partial charge is 0.497 e. The van der Waals surface area contributed by atoms with E-state index in [0.29, 0.717) is 13.1 Å². The van der Waals surface area contributed by atoms with E-state index in [1.165, 1.54) is 21.0 Å². The van der Waals surface area contributed by atoms with Crippen molar-refractivity contribution in [2.45, 2.75) is 19.6 Å². The fourth-order valence-electron chi connectivity index (χ4n) is 4.00. The van der Waals surface area contributed by atoms with Crippen LogP contribution in [0.25, 0.3) is 16.5 Å². The minimum Gasteiger partial charge on any atom is -0.497 e. The summed E-state index contributed by atoms with van der Waals surface area (Å²) in [5.74, 6) is 1.56. The van der Waals surface area contributed by atoms with E-state index in [-0.39, 0.29) is 5.69 Å². The number of rotatable bonds is 4. The first-order valence-electron chi connectivity index (χ1n) is 9.75. The van der Waals surface area contributed by atoms with Gasteiger partial charge in [0, 0.05) is 19.6 Å². The molecule has 4 aromatic rings. The number of ether oxygens (including phenoxy) is 1. The van der Waals surface area contributed by atoms with E-state index in [1.54, 1.807) is 11.7 Å². The van der Waals surface area contributed by atoms with Gasteiger partial charge in [0.1, 0.15) is 11.6 Å². The Labute approximate surface area is 168 Å². The van der Waals surface area contributed by atoms with Crippen molar-refractivity contribution in [2.24, 2.45) is 0 Å². The molecule has 0 N–H and O–H groups in total. The van der Waals surface area contributed by atoms with Gasteiger partial charge in [0.2, 0.25) is 0 Å². The minimum atomic E-state index is -0.0880. The quantitative estimate of drug-likeness (QED) is 0.540. The monoisotopic (exact) mass is 386 g/mol. The van der Waals surface area contributed by atoms with E-state index in [2.05, 4.69) is 52.5 Å². The van der Waals surface area contributed by atoms with Crippen molar-refractivity contribution in [3.8, 4) is 11.4 Å². The second-order valence-corrected chi connectivity index (χ2v) is 7.31. The third-order valence-electron chi connectivity index (χ3n) is 5.53. The van der Waals surface area contributed by atoms with Crippen molar-refractivity contribution in [3.05, 3.63) is 88.6 Å². The Balaban J connectivity index is 1.41. The number of hydrogen-bond acceptors (Lipinski definition) is 4. The maximum Gasteiger partial charge on any atom is 0.350 e. The van der Waals surface area contributed by atoms with Crippen molar-refractivity contribution in [1.29, 1.82) is 0 Å². The molecule has 0 spiro atoms. The molecule has 0 fully saturated rings. The first-order chi connectivity index (χ1) is 14.2. The molecule has 3 aromatic carbocycles. The van der Waals surface area contributed by atoms with E-state index >= 15 is 0 Å². The first kappa shape index (κ1) is 17.7. The van der Waals surface area contributed by atoms with E-state index in [0.717, 1.165) is 30.4 Å². The molecule has 6 heteroatoms. The summed E-state index contributed by atoms with van der Waals surface area (Å²) in [6, 6.07) is 22.3. The Hall–Kier alpha value is -3.38. The normalized spacial score (nSPS) is 14.1. The Bertz CT molecular complexity index is 1220. The van der Waals surface area contributed by atoms with Gasteiger partial charge in [-0.15, -0.1) is 5.10 Å². The third kappa shape index (κ3) is 3.21. The van der Waals surface area contributed by atoms with Crippen LogP contribution in [-0.4, -0.2) is 32.9 Å². The molecule has 0 radical (unpaired) electrons. The average Bonchev–Trinajstić information content (AvgIpc) is 3.10. The third-order valence-corrected chi connectivity index (χ3v) is 5.53. The lowest BCUT2D eigenvalue weighted by atomic mass is 10.0. The fourth-order valence-corrected chi connectivity index (χ4v) is 4.00. The molecule has 0 amide bonds. The molecule has 1 aliphatic rings. The van der Waals surface area contributed by atoms with Crippen LogP contribution >= 0.6 is 0 Å². The zero-order valence-corrected chi connectivity index (χ0v) is 16.3. The number of aromatic nitrogens is 3. The number of hydrogen-bond donors (Lipinski definition) is 0. The van der Waals surface area contributed by atoms with Crippen LogP contribution in [0.15, 0.2) is 71.5 Å². The lowest BCUT2D eigenvalue weighted by Gasteiger charge is -2.26. The molecule has 0 aliphatic carbocycles. The summed E-state index contributed by atoms with van der Waals surface area (Å²) in [6.07, 6.45) is 0. The number of fused-ring (bicyclic) bond motifs is 2. The van der Waals surface area contributed by atoms with Gasteiger partial charge in [-0.05, 0) is 40.6 Å². The molecule has 29 heavy (non-hydrogen) atoms. The Morgan fingerprint density at radius 3 is 2.59 bits per heavy atom. The molecule has 2 heterocycles. The molecule has 0 saturated heterocycles. The Morgan fingerprint density at radius 1 is 0.966 bits per heavy atom. The summed E-state index contributed by atoms with van der Waals surface area (Å²) < 4.78 is 8.46. The van der Waals surface area contributed by atoms with Crippen molar-refractivity contribution < 1.29 is 4.74 Å².